The van der Waals surface area contributed by atoms with Crippen molar-refractivity contribution < 1.29 is 27.8 Å². The van der Waals surface area contributed by atoms with E-state index in [1.165, 1.54) is 44.9 Å². The normalized spacial score (nSPS) is 17.8. The number of benzene rings is 2. The van der Waals surface area contributed by atoms with Gasteiger partial charge in [-0.15, -0.1) is 0 Å². The fraction of sp³-hybridized carbons (Fsp3) is 0.567. The smallest absolute Gasteiger partial charge is 0.325 e. The van der Waals surface area contributed by atoms with Gasteiger partial charge in [0.1, 0.15) is 11.5 Å². The summed E-state index contributed by atoms with van der Waals surface area (Å²) in [6.45, 7) is 3.72. The average Bonchev–Trinajstić information content (AvgIpc) is 3.20. The van der Waals surface area contributed by atoms with Crippen LogP contribution >= 0.6 is 0 Å². The van der Waals surface area contributed by atoms with Crippen molar-refractivity contribution in [1.29, 1.82) is 0 Å². The zero-order valence-corrected chi connectivity index (χ0v) is 23.6. The average molecular weight is 546 g/mol. The number of ether oxygens (including phenoxy) is 2. The molecule has 38 heavy (non-hydrogen) atoms. The molecule has 2 aromatic rings. The monoisotopic (exact) mass is 545 g/mol. The molecule has 0 aliphatic carbocycles. The van der Waals surface area contributed by atoms with Gasteiger partial charge in [-0.05, 0) is 74.2 Å². The number of carboxylic acids is 1. The number of aliphatic carboxylic acids is 1. The minimum Gasteiger partial charge on any atom is -0.497 e. The predicted molar refractivity (Wildman–Crippen MR) is 150 cm³/mol. The van der Waals surface area contributed by atoms with Gasteiger partial charge in [0.15, 0.2) is 14.6 Å². The topological polar surface area (TPSA) is 102 Å². The summed E-state index contributed by atoms with van der Waals surface area (Å²) in [7, 11) is -2.71. The van der Waals surface area contributed by atoms with Crippen LogP contribution in [0.25, 0.3) is 0 Å². The van der Waals surface area contributed by atoms with Crippen LogP contribution in [0.2, 0.25) is 0 Å². The van der Waals surface area contributed by atoms with Crippen LogP contribution in [0.1, 0.15) is 76.7 Å². The number of hydrogen-bond donors (Lipinski definition) is 2. The van der Waals surface area contributed by atoms with Crippen LogP contribution < -0.4 is 14.8 Å². The number of methoxy groups -OCH3 is 1. The van der Waals surface area contributed by atoms with E-state index in [4.69, 9.17) is 9.47 Å². The lowest BCUT2D eigenvalue weighted by atomic mass is 9.92. The third-order valence-corrected chi connectivity index (χ3v) is 9.96. The molecule has 0 radical (unpaired) electrons. The Morgan fingerprint density at radius 3 is 2.37 bits per heavy atom. The van der Waals surface area contributed by atoms with Crippen molar-refractivity contribution >= 4 is 15.8 Å². The molecule has 0 saturated carbocycles. The predicted octanol–water partition coefficient (Wildman–Crippen LogP) is 5.81. The minimum atomic E-state index is -4.21. The maximum Gasteiger partial charge on any atom is 0.325 e. The maximum absolute atomic E-state index is 13.9. The fourth-order valence-electron chi connectivity index (χ4n) is 5.13. The number of unbranched alkanes of at least 4 members (excludes halogenated alkanes) is 3. The van der Waals surface area contributed by atoms with E-state index in [9.17, 15) is 18.3 Å². The van der Waals surface area contributed by atoms with E-state index in [2.05, 4.69) is 12.2 Å². The standard InChI is InChI=1S/C30H43NO6S/c1-3-4-5-8-20-30(29(32)33,38(34,35)28-17-15-26(36-2)16-18-28)23-24-11-13-27(14-12-24)37-22-19-25-10-7-6-9-21-31-25/h11-18,25,31H,3-10,19-23H2,1-2H3,(H,32,33). The molecule has 0 spiro atoms. The first-order valence-corrected chi connectivity index (χ1v) is 15.4. The Hall–Kier alpha value is -2.58. The van der Waals surface area contributed by atoms with Gasteiger partial charge in [0.2, 0.25) is 0 Å². The first-order chi connectivity index (χ1) is 18.3. The molecule has 1 heterocycles. The Labute approximate surface area is 227 Å². The van der Waals surface area contributed by atoms with E-state index in [0.29, 0.717) is 36.1 Å². The van der Waals surface area contributed by atoms with Gasteiger partial charge in [-0.25, -0.2) is 8.42 Å². The Bertz CT molecular complexity index is 1090. The van der Waals surface area contributed by atoms with Gasteiger partial charge in [0, 0.05) is 12.5 Å². The molecule has 7 nitrogen and oxygen atoms in total. The van der Waals surface area contributed by atoms with Crippen LogP contribution in [-0.2, 0) is 21.1 Å². The summed E-state index contributed by atoms with van der Waals surface area (Å²) in [6.07, 6.45) is 8.98. The lowest BCUT2D eigenvalue weighted by Gasteiger charge is -2.30. The second-order valence-corrected chi connectivity index (χ2v) is 12.5. The summed E-state index contributed by atoms with van der Waals surface area (Å²) >= 11 is 0. The van der Waals surface area contributed by atoms with Gasteiger partial charge in [-0.1, -0.05) is 57.6 Å². The number of hydrogen-bond acceptors (Lipinski definition) is 6. The lowest BCUT2D eigenvalue weighted by Crippen LogP contribution is -2.48. The number of carboxylic acid groups (broad SMARTS) is 1. The highest BCUT2D eigenvalue weighted by molar-refractivity contribution is 7.93. The molecule has 1 saturated heterocycles. The van der Waals surface area contributed by atoms with Crippen LogP contribution in [0.4, 0.5) is 0 Å². The zero-order chi connectivity index (χ0) is 27.4. The van der Waals surface area contributed by atoms with Crippen molar-refractivity contribution in [3.63, 3.8) is 0 Å². The van der Waals surface area contributed by atoms with Crippen LogP contribution in [0.15, 0.2) is 53.4 Å². The van der Waals surface area contributed by atoms with Crippen LogP contribution in [0.3, 0.4) is 0 Å². The van der Waals surface area contributed by atoms with E-state index in [-0.39, 0.29) is 17.7 Å². The molecular weight excluding hydrogens is 502 g/mol. The molecule has 1 aliphatic heterocycles. The van der Waals surface area contributed by atoms with Crippen molar-refractivity contribution in [3.05, 3.63) is 54.1 Å². The summed E-state index contributed by atoms with van der Waals surface area (Å²) in [4.78, 5) is 12.8. The Morgan fingerprint density at radius 1 is 1.00 bits per heavy atom. The SMILES string of the molecule is CCCCCCC(Cc1ccc(OCCC2CCCCCN2)cc1)(C(=O)O)S(=O)(=O)c1ccc(OC)cc1. The van der Waals surface area contributed by atoms with Crippen LogP contribution in [-0.4, -0.2) is 50.5 Å². The molecule has 0 amide bonds. The first-order valence-electron chi connectivity index (χ1n) is 13.9. The summed E-state index contributed by atoms with van der Waals surface area (Å²) in [6, 6.07) is 13.6. The lowest BCUT2D eigenvalue weighted by molar-refractivity contribution is -0.140. The van der Waals surface area contributed by atoms with Gasteiger partial charge >= 0.3 is 5.97 Å². The van der Waals surface area contributed by atoms with Gasteiger partial charge in [-0.3, -0.25) is 4.79 Å². The summed E-state index contributed by atoms with van der Waals surface area (Å²) in [5.74, 6) is -0.108. The molecule has 1 aliphatic rings. The molecule has 8 heteroatoms. The Balaban J connectivity index is 1.78. The zero-order valence-electron chi connectivity index (χ0n) is 22.8. The summed E-state index contributed by atoms with van der Waals surface area (Å²) < 4.78 is 36.9. The molecule has 210 valence electrons. The Kier molecular flexibility index (Phi) is 11.5. The van der Waals surface area contributed by atoms with Gasteiger partial charge in [-0.2, -0.15) is 0 Å². The quantitative estimate of drug-likeness (QED) is 0.273. The van der Waals surface area contributed by atoms with Crippen molar-refractivity contribution in [1.82, 2.24) is 5.32 Å². The number of nitrogens with one attached hydrogen (secondary N) is 1. The largest absolute Gasteiger partial charge is 0.497 e. The number of carbonyl (C=O) groups is 1. The number of sulfone groups is 1. The highest BCUT2D eigenvalue weighted by atomic mass is 32.2. The van der Waals surface area contributed by atoms with Crippen molar-refractivity contribution in [2.75, 3.05) is 20.3 Å². The van der Waals surface area contributed by atoms with Gasteiger partial charge < -0.3 is 19.9 Å². The van der Waals surface area contributed by atoms with Gasteiger partial charge in [0.25, 0.3) is 0 Å². The summed E-state index contributed by atoms with van der Waals surface area (Å²) in [5, 5.41) is 14.0. The van der Waals surface area contributed by atoms with Crippen molar-refractivity contribution in [2.45, 2.75) is 93.2 Å². The first kappa shape index (κ1) is 30.0. The summed E-state index contributed by atoms with van der Waals surface area (Å²) in [5.41, 5.74) is 0.651. The van der Waals surface area contributed by atoms with Crippen LogP contribution in [0, 0.1) is 0 Å². The highest BCUT2D eigenvalue weighted by Gasteiger charge is 2.51. The third kappa shape index (κ3) is 7.73. The maximum atomic E-state index is 13.9. The van der Waals surface area contributed by atoms with E-state index < -0.39 is 20.6 Å². The fourth-order valence-corrected chi connectivity index (χ4v) is 7.08. The third-order valence-electron chi connectivity index (χ3n) is 7.52. The molecule has 3 rings (SSSR count). The second-order valence-electron chi connectivity index (χ2n) is 10.2. The minimum absolute atomic E-state index is 0.0109. The van der Waals surface area contributed by atoms with Gasteiger partial charge in [0.05, 0.1) is 18.6 Å². The molecule has 0 bridgehead atoms. The van der Waals surface area contributed by atoms with E-state index >= 15 is 0 Å². The molecule has 1 fully saturated rings. The second kappa shape index (κ2) is 14.5. The van der Waals surface area contributed by atoms with Crippen molar-refractivity contribution in [2.24, 2.45) is 0 Å². The molecule has 0 aromatic heterocycles. The molecule has 2 aromatic carbocycles. The molecule has 2 atom stereocenters. The molecule has 2 unspecified atom stereocenters. The van der Waals surface area contributed by atoms with E-state index in [0.717, 1.165) is 32.2 Å². The number of rotatable bonds is 15. The highest BCUT2D eigenvalue weighted by Crippen LogP contribution is 2.36. The van der Waals surface area contributed by atoms with Crippen molar-refractivity contribution in [3.8, 4) is 11.5 Å². The van der Waals surface area contributed by atoms with E-state index in [1.54, 1.807) is 36.4 Å². The molecular formula is C30H43NO6S. The van der Waals surface area contributed by atoms with E-state index in [1.807, 2.05) is 0 Å². The van der Waals surface area contributed by atoms with Crippen LogP contribution in [0.5, 0.6) is 11.5 Å². The Morgan fingerprint density at radius 2 is 1.71 bits per heavy atom. The molecule has 2 N–H and O–H groups in total.